The summed E-state index contributed by atoms with van der Waals surface area (Å²) in [6.07, 6.45) is 1.50. The van der Waals surface area contributed by atoms with Gasteiger partial charge < -0.3 is 10.2 Å². The van der Waals surface area contributed by atoms with E-state index in [1.807, 2.05) is 6.92 Å². The third kappa shape index (κ3) is 3.64. The molecule has 1 N–H and O–H groups in total. The maximum absolute atomic E-state index is 12.1. The van der Waals surface area contributed by atoms with E-state index in [9.17, 15) is 9.59 Å². The van der Waals surface area contributed by atoms with Crippen LogP contribution < -0.4 is 5.32 Å². The standard InChI is InChI=1S/C14H16Cl2N2O2/c1-9(8-18-6-2-3-13(18)19)17-14(20)10-4-5-11(15)12(16)7-10/h4-5,7,9H,2-3,6,8H2,1H3,(H,17,20)/t9-/m1/s1. The molecule has 0 spiro atoms. The number of benzene rings is 1. The average molecular weight is 315 g/mol. The molecule has 1 aliphatic heterocycles. The number of amides is 2. The molecule has 108 valence electrons. The SMILES string of the molecule is C[C@H](CN1CCCC1=O)NC(=O)c1ccc(Cl)c(Cl)c1. The Kier molecular flexibility index (Phi) is 4.89. The molecule has 2 amide bonds. The lowest BCUT2D eigenvalue weighted by molar-refractivity contribution is -0.127. The fourth-order valence-electron chi connectivity index (χ4n) is 2.22. The number of rotatable bonds is 4. The molecule has 1 aromatic rings. The molecule has 0 bridgehead atoms. The number of nitrogens with one attached hydrogen (secondary N) is 1. The predicted octanol–water partition coefficient (Wildman–Crippen LogP) is 2.73. The Morgan fingerprint density at radius 3 is 2.75 bits per heavy atom. The van der Waals surface area contributed by atoms with E-state index >= 15 is 0 Å². The summed E-state index contributed by atoms with van der Waals surface area (Å²) in [6.45, 7) is 3.18. The Morgan fingerprint density at radius 2 is 2.15 bits per heavy atom. The molecule has 0 aromatic heterocycles. The summed E-state index contributed by atoms with van der Waals surface area (Å²) >= 11 is 11.7. The molecular weight excluding hydrogens is 299 g/mol. The fourth-order valence-corrected chi connectivity index (χ4v) is 2.52. The number of carbonyl (C=O) groups is 2. The highest BCUT2D eigenvalue weighted by atomic mass is 35.5. The van der Waals surface area contributed by atoms with Crippen molar-refractivity contribution in [3.63, 3.8) is 0 Å². The van der Waals surface area contributed by atoms with Gasteiger partial charge in [0, 0.05) is 31.1 Å². The minimum absolute atomic E-state index is 0.112. The van der Waals surface area contributed by atoms with Crippen LogP contribution in [0.3, 0.4) is 0 Å². The van der Waals surface area contributed by atoms with Gasteiger partial charge in [-0.15, -0.1) is 0 Å². The molecule has 1 aliphatic rings. The summed E-state index contributed by atoms with van der Waals surface area (Å²) in [7, 11) is 0. The molecule has 0 unspecified atom stereocenters. The number of likely N-dealkylation sites (tertiary alicyclic amines) is 1. The van der Waals surface area contributed by atoms with E-state index in [1.54, 1.807) is 17.0 Å². The van der Waals surface area contributed by atoms with Gasteiger partial charge in [0.2, 0.25) is 5.91 Å². The molecule has 6 heteroatoms. The monoisotopic (exact) mass is 314 g/mol. The van der Waals surface area contributed by atoms with Crippen molar-refractivity contribution >= 4 is 35.0 Å². The Hall–Kier alpha value is -1.26. The number of halogens is 2. The first-order chi connectivity index (χ1) is 9.47. The van der Waals surface area contributed by atoms with Gasteiger partial charge in [0.05, 0.1) is 10.0 Å². The van der Waals surface area contributed by atoms with Gasteiger partial charge in [-0.1, -0.05) is 23.2 Å². The molecule has 1 aromatic carbocycles. The lowest BCUT2D eigenvalue weighted by Crippen LogP contribution is -2.42. The highest BCUT2D eigenvalue weighted by Crippen LogP contribution is 2.22. The minimum Gasteiger partial charge on any atom is -0.348 e. The van der Waals surface area contributed by atoms with Crippen LogP contribution in [0.5, 0.6) is 0 Å². The number of carbonyl (C=O) groups excluding carboxylic acids is 2. The molecule has 0 aliphatic carbocycles. The molecule has 1 atom stereocenters. The summed E-state index contributed by atoms with van der Waals surface area (Å²) in [5.41, 5.74) is 0.457. The lowest BCUT2D eigenvalue weighted by atomic mass is 10.2. The minimum atomic E-state index is -0.220. The quantitative estimate of drug-likeness (QED) is 0.929. The van der Waals surface area contributed by atoms with Crippen molar-refractivity contribution in [3.8, 4) is 0 Å². The lowest BCUT2D eigenvalue weighted by Gasteiger charge is -2.21. The van der Waals surface area contributed by atoms with Crippen molar-refractivity contribution in [2.75, 3.05) is 13.1 Å². The van der Waals surface area contributed by atoms with E-state index in [0.29, 0.717) is 28.6 Å². The summed E-state index contributed by atoms with van der Waals surface area (Å²) < 4.78 is 0. The Morgan fingerprint density at radius 1 is 1.40 bits per heavy atom. The van der Waals surface area contributed by atoms with Crippen LogP contribution >= 0.6 is 23.2 Å². The van der Waals surface area contributed by atoms with E-state index in [4.69, 9.17) is 23.2 Å². The van der Waals surface area contributed by atoms with E-state index in [0.717, 1.165) is 13.0 Å². The van der Waals surface area contributed by atoms with Crippen molar-refractivity contribution in [2.24, 2.45) is 0 Å². The first-order valence-electron chi connectivity index (χ1n) is 6.51. The molecule has 20 heavy (non-hydrogen) atoms. The Labute approximate surface area is 128 Å². The van der Waals surface area contributed by atoms with Crippen molar-refractivity contribution in [1.82, 2.24) is 10.2 Å². The fraction of sp³-hybridized carbons (Fsp3) is 0.429. The molecule has 0 saturated carbocycles. The van der Waals surface area contributed by atoms with Gasteiger partial charge in [-0.2, -0.15) is 0 Å². The molecule has 1 heterocycles. The molecular formula is C14H16Cl2N2O2. The highest BCUT2D eigenvalue weighted by Gasteiger charge is 2.22. The van der Waals surface area contributed by atoms with Gasteiger partial charge in [0.15, 0.2) is 0 Å². The van der Waals surface area contributed by atoms with Crippen molar-refractivity contribution in [3.05, 3.63) is 33.8 Å². The van der Waals surface area contributed by atoms with Gasteiger partial charge in [0.25, 0.3) is 5.91 Å². The van der Waals surface area contributed by atoms with Crippen molar-refractivity contribution in [1.29, 1.82) is 0 Å². The van der Waals surface area contributed by atoms with E-state index < -0.39 is 0 Å². The normalized spacial score (nSPS) is 16.4. The zero-order valence-corrected chi connectivity index (χ0v) is 12.7. The summed E-state index contributed by atoms with van der Waals surface area (Å²) in [5, 5.41) is 3.62. The summed E-state index contributed by atoms with van der Waals surface area (Å²) in [6, 6.07) is 4.64. The van der Waals surface area contributed by atoms with Gasteiger partial charge in [-0.25, -0.2) is 0 Å². The van der Waals surface area contributed by atoms with E-state index in [2.05, 4.69) is 5.32 Å². The predicted molar refractivity (Wildman–Crippen MR) is 79.2 cm³/mol. The first-order valence-corrected chi connectivity index (χ1v) is 7.26. The van der Waals surface area contributed by atoms with Gasteiger partial charge in [0.1, 0.15) is 0 Å². The molecule has 4 nitrogen and oxygen atoms in total. The van der Waals surface area contributed by atoms with Gasteiger partial charge >= 0.3 is 0 Å². The van der Waals surface area contributed by atoms with Crippen LogP contribution in [-0.2, 0) is 4.79 Å². The van der Waals surface area contributed by atoms with Crippen molar-refractivity contribution < 1.29 is 9.59 Å². The average Bonchev–Trinajstić information content (AvgIpc) is 2.78. The highest BCUT2D eigenvalue weighted by molar-refractivity contribution is 6.42. The molecule has 1 saturated heterocycles. The van der Waals surface area contributed by atoms with Gasteiger partial charge in [-0.05, 0) is 31.5 Å². The van der Waals surface area contributed by atoms with Crippen LogP contribution in [0.15, 0.2) is 18.2 Å². The first kappa shape index (κ1) is 15.1. The van der Waals surface area contributed by atoms with E-state index in [1.165, 1.54) is 6.07 Å². The third-order valence-electron chi connectivity index (χ3n) is 3.22. The van der Waals surface area contributed by atoms with Crippen LogP contribution in [0, 0.1) is 0 Å². The number of hydrogen-bond donors (Lipinski definition) is 1. The summed E-state index contributed by atoms with van der Waals surface area (Å²) in [4.78, 5) is 25.4. The van der Waals surface area contributed by atoms with E-state index in [-0.39, 0.29) is 17.9 Å². The number of nitrogens with zero attached hydrogens (tertiary/aromatic N) is 1. The maximum atomic E-state index is 12.1. The maximum Gasteiger partial charge on any atom is 0.251 e. The van der Waals surface area contributed by atoms with Gasteiger partial charge in [-0.3, -0.25) is 9.59 Å². The largest absolute Gasteiger partial charge is 0.348 e. The van der Waals surface area contributed by atoms with Crippen LogP contribution in [0.25, 0.3) is 0 Å². The topological polar surface area (TPSA) is 49.4 Å². The second-order valence-electron chi connectivity index (χ2n) is 4.95. The summed E-state index contributed by atoms with van der Waals surface area (Å²) in [5.74, 6) is -0.0663. The Bertz CT molecular complexity index is 534. The zero-order valence-electron chi connectivity index (χ0n) is 11.2. The van der Waals surface area contributed by atoms with Crippen LogP contribution in [0.1, 0.15) is 30.1 Å². The Balaban J connectivity index is 1.93. The van der Waals surface area contributed by atoms with Crippen LogP contribution in [0.2, 0.25) is 10.0 Å². The van der Waals surface area contributed by atoms with Crippen LogP contribution in [0.4, 0.5) is 0 Å². The second kappa shape index (κ2) is 6.46. The molecule has 2 rings (SSSR count). The molecule has 0 radical (unpaired) electrons. The smallest absolute Gasteiger partial charge is 0.251 e. The number of hydrogen-bond acceptors (Lipinski definition) is 2. The second-order valence-corrected chi connectivity index (χ2v) is 5.76. The third-order valence-corrected chi connectivity index (χ3v) is 3.96. The van der Waals surface area contributed by atoms with Crippen molar-refractivity contribution in [2.45, 2.75) is 25.8 Å². The molecule has 1 fully saturated rings. The van der Waals surface area contributed by atoms with Crippen LogP contribution in [-0.4, -0.2) is 35.8 Å². The zero-order chi connectivity index (χ0) is 14.7.